The number of nitrogens with zero attached hydrogens (tertiary/aromatic N) is 2. The number of hydrogen-bond donors (Lipinski definition) is 1. The molecule has 0 amide bonds. The second-order valence-electron chi connectivity index (χ2n) is 2.65. The standard InChI is InChI=1S/C7H12N3/c1-3-8-7-9-4-2-6-10(7)5-1/h5H,1-4,6H2,(H,8,9)/q+1. The van der Waals surface area contributed by atoms with E-state index in [2.05, 4.69) is 21.1 Å². The molecule has 2 heterocycles. The van der Waals surface area contributed by atoms with Gasteiger partial charge in [-0.3, -0.25) is 5.32 Å². The number of aliphatic imine (C=N–C) groups is 1. The Bertz CT molecular complexity index is 171. The van der Waals surface area contributed by atoms with Crippen LogP contribution in [0.25, 0.3) is 0 Å². The molecule has 0 unspecified atom stereocenters. The highest BCUT2D eigenvalue weighted by atomic mass is 15.3. The SMILES string of the molecule is C1=[N+]2CCCN=C2NCC1. The lowest BCUT2D eigenvalue weighted by molar-refractivity contribution is -0.416. The van der Waals surface area contributed by atoms with Crippen LogP contribution < -0.4 is 5.32 Å². The normalized spacial score (nSPS) is 24.0. The molecule has 10 heavy (non-hydrogen) atoms. The fourth-order valence-electron chi connectivity index (χ4n) is 1.36. The summed E-state index contributed by atoms with van der Waals surface area (Å²) in [4.78, 5) is 4.35. The lowest BCUT2D eigenvalue weighted by atomic mass is 10.3. The van der Waals surface area contributed by atoms with E-state index in [1.807, 2.05) is 0 Å². The number of hydrogen-bond acceptors (Lipinski definition) is 2. The Morgan fingerprint density at radius 1 is 1.60 bits per heavy atom. The van der Waals surface area contributed by atoms with Crippen LogP contribution in [-0.2, 0) is 0 Å². The highest BCUT2D eigenvalue weighted by Gasteiger charge is 2.19. The summed E-state index contributed by atoms with van der Waals surface area (Å²) in [5.41, 5.74) is 0. The molecule has 54 valence electrons. The Balaban J connectivity index is 2.25. The minimum absolute atomic E-state index is 0.993. The Hall–Kier alpha value is -0.860. The average molecular weight is 138 g/mol. The minimum atomic E-state index is 0.993. The molecule has 2 rings (SSSR count). The summed E-state index contributed by atoms with van der Waals surface area (Å²) in [5, 5.41) is 3.27. The van der Waals surface area contributed by atoms with Crippen molar-refractivity contribution in [1.82, 2.24) is 5.32 Å². The van der Waals surface area contributed by atoms with Crippen molar-refractivity contribution in [2.24, 2.45) is 4.99 Å². The van der Waals surface area contributed by atoms with E-state index in [4.69, 9.17) is 0 Å². The maximum absolute atomic E-state index is 4.35. The van der Waals surface area contributed by atoms with E-state index in [0.717, 1.165) is 32.0 Å². The Kier molecular flexibility index (Phi) is 1.42. The van der Waals surface area contributed by atoms with Crippen molar-refractivity contribution < 1.29 is 4.58 Å². The molecule has 0 aromatic rings. The Morgan fingerprint density at radius 3 is 3.50 bits per heavy atom. The molecule has 1 N–H and O–H groups in total. The van der Waals surface area contributed by atoms with Gasteiger partial charge in [0.1, 0.15) is 6.54 Å². The van der Waals surface area contributed by atoms with Crippen molar-refractivity contribution in [1.29, 1.82) is 0 Å². The van der Waals surface area contributed by atoms with Crippen molar-refractivity contribution in [3.63, 3.8) is 0 Å². The lowest BCUT2D eigenvalue weighted by Gasteiger charge is -2.15. The zero-order valence-corrected chi connectivity index (χ0v) is 6.01. The quantitative estimate of drug-likeness (QED) is 0.462. The third-order valence-corrected chi connectivity index (χ3v) is 1.87. The van der Waals surface area contributed by atoms with Crippen molar-refractivity contribution in [3.8, 4) is 0 Å². The minimum Gasteiger partial charge on any atom is -0.274 e. The van der Waals surface area contributed by atoms with Gasteiger partial charge in [0.25, 0.3) is 0 Å². The van der Waals surface area contributed by atoms with Crippen LogP contribution in [0.4, 0.5) is 0 Å². The van der Waals surface area contributed by atoms with Gasteiger partial charge < -0.3 is 0 Å². The van der Waals surface area contributed by atoms with Crippen LogP contribution in [0.15, 0.2) is 4.99 Å². The maximum Gasteiger partial charge on any atom is 0.386 e. The summed E-state index contributed by atoms with van der Waals surface area (Å²) in [6.45, 7) is 3.19. The molecule has 0 radical (unpaired) electrons. The van der Waals surface area contributed by atoms with Crippen LogP contribution in [0.2, 0.25) is 0 Å². The van der Waals surface area contributed by atoms with Gasteiger partial charge in [0.15, 0.2) is 0 Å². The molecule has 0 atom stereocenters. The first-order chi connectivity index (χ1) is 4.97. The number of guanidine groups is 1. The summed E-state index contributed by atoms with van der Waals surface area (Å²) in [7, 11) is 0. The molecule has 0 saturated heterocycles. The van der Waals surface area contributed by atoms with Gasteiger partial charge in [-0.05, 0) is 0 Å². The molecule has 2 aliphatic heterocycles. The summed E-state index contributed by atoms with van der Waals surface area (Å²) in [5.74, 6) is 1.08. The van der Waals surface area contributed by atoms with E-state index in [-0.39, 0.29) is 0 Å². The molecule has 0 aliphatic carbocycles. The Morgan fingerprint density at radius 2 is 2.60 bits per heavy atom. The second kappa shape index (κ2) is 2.40. The first kappa shape index (κ1) is 5.89. The van der Waals surface area contributed by atoms with E-state index in [0.29, 0.717) is 0 Å². The number of fused-ring (bicyclic) bond motifs is 1. The van der Waals surface area contributed by atoms with Crippen LogP contribution in [-0.4, -0.2) is 36.4 Å². The molecule has 3 heteroatoms. The first-order valence-corrected chi connectivity index (χ1v) is 3.85. The highest BCUT2D eigenvalue weighted by Crippen LogP contribution is 1.97. The fraction of sp³-hybridized carbons (Fsp3) is 0.714. The van der Waals surface area contributed by atoms with Crippen LogP contribution in [0.1, 0.15) is 12.8 Å². The van der Waals surface area contributed by atoms with E-state index >= 15 is 0 Å². The summed E-state index contributed by atoms with van der Waals surface area (Å²) in [6.07, 6.45) is 4.56. The van der Waals surface area contributed by atoms with E-state index in [1.54, 1.807) is 0 Å². The van der Waals surface area contributed by atoms with Gasteiger partial charge in [-0.25, -0.2) is 4.58 Å². The van der Waals surface area contributed by atoms with Gasteiger partial charge in [0, 0.05) is 19.1 Å². The van der Waals surface area contributed by atoms with Crippen molar-refractivity contribution >= 4 is 12.2 Å². The first-order valence-electron chi connectivity index (χ1n) is 3.85. The molecule has 0 aromatic carbocycles. The van der Waals surface area contributed by atoms with E-state index in [1.165, 1.54) is 6.42 Å². The van der Waals surface area contributed by atoms with Gasteiger partial charge in [-0.1, -0.05) is 0 Å². The molecule has 0 spiro atoms. The number of nitrogens with one attached hydrogen (secondary N) is 1. The molecule has 0 fully saturated rings. The van der Waals surface area contributed by atoms with Crippen molar-refractivity contribution in [3.05, 3.63) is 0 Å². The van der Waals surface area contributed by atoms with Gasteiger partial charge in [0.05, 0.1) is 13.1 Å². The summed E-state index contributed by atoms with van der Waals surface area (Å²) >= 11 is 0. The third-order valence-electron chi connectivity index (χ3n) is 1.87. The molecule has 0 aromatic heterocycles. The zero-order chi connectivity index (χ0) is 6.81. The third kappa shape index (κ3) is 0.916. The van der Waals surface area contributed by atoms with Crippen molar-refractivity contribution in [2.75, 3.05) is 19.6 Å². The van der Waals surface area contributed by atoms with Crippen LogP contribution >= 0.6 is 0 Å². The van der Waals surface area contributed by atoms with Crippen molar-refractivity contribution in [2.45, 2.75) is 12.8 Å². The predicted octanol–water partition coefficient (Wildman–Crippen LogP) is -0.177. The molecule has 2 aliphatic rings. The smallest absolute Gasteiger partial charge is 0.274 e. The molecule has 0 bridgehead atoms. The molecule has 0 saturated carbocycles. The van der Waals surface area contributed by atoms with Crippen LogP contribution in [0.5, 0.6) is 0 Å². The van der Waals surface area contributed by atoms with Gasteiger partial charge in [-0.2, -0.15) is 0 Å². The maximum atomic E-state index is 4.35. The topological polar surface area (TPSA) is 27.4 Å². The van der Waals surface area contributed by atoms with Gasteiger partial charge in [0.2, 0.25) is 0 Å². The van der Waals surface area contributed by atoms with Crippen LogP contribution in [0, 0.1) is 0 Å². The number of rotatable bonds is 0. The lowest BCUT2D eigenvalue weighted by Crippen LogP contribution is -2.43. The van der Waals surface area contributed by atoms with E-state index < -0.39 is 0 Å². The monoisotopic (exact) mass is 138 g/mol. The summed E-state index contributed by atoms with van der Waals surface area (Å²) < 4.78 is 2.22. The predicted molar refractivity (Wildman–Crippen MR) is 40.7 cm³/mol. The second-order valence-corrected chi connectivity index (χ2v) is 2.65. The molecule has 3 nitrogen and oxygen atoms in total. The van der Waals surface area contributed by atoms with Gasteiger partial charge >= 0.3 is 5.96 Å². The average Bonchev–Trinajstić information content (AvgIpc) is 2.05. The summed E-state index contributed by atoms with van der Waals surface area (Å²) in [6, 6.07) is 0. The van der Waals surface area contributed by atoms with Gasteiger partial charge in [-0.15, -0.1) is 4.99 Å². The van der Waals surface area contributed by atoms with E-state index in [9.17, 15) is 0 Å². The largest absolute Gasteiger partial charge is 0.386 e. The van der Waals surface area contributed by atoms with Crippen LogP contribution in [0.3, 0.4) is 0 Å². The zero-order valence-electron chi connectivity index (χ0n) is 6.01. The highest BCUT2D eigenvalue weighted by molar-refractivity contribution is 5.78. The molecular weight excluding hydrogens is 126 g/mol. The Labute approximate surface area is 60.5 Å². The molecular formula is C7H12N3+. The fourth-order valence-corrected chi connectivity index (χ4v) is 1.36.